The number of nitriles is 1. The number of anilines is 2. The number of rotatable bonds is 1. The van der Waals surface area contributed by atoms with Crippen LogP contribution in [-0.4, -0.2) is 32.6 Å². The minimum atomic E-state index is -0.110. The molecule has 0 saturated carbocycles. The Morgan fingerprint density at radius 3 is 2.89 bits per heavy atom. The summed E-state index contributed by atoms with van der Waals surface area (Å²) in [7, 11) is 1.99. The molecule has 1 heterocycles. The first-order valence-corrected chi connectivity index (χ1v) is 5.93. The van der Waals surface area contributed by atoms with E-state index in [0.717, 1.165) is 24.3 Å². The van der Waals surface area contributed by atoms with Gasteiger partial charge in [-0.05, 0) is 24.6 Å². The highest BCUT2D eigenvalue weighted by molar-refractivity contribution is 5.98. The van der Waals surface area contributed by atoms with Crippen LogP contribution in [0.15, 0.2) is 18.2 Å². The molecule has 0 fully saturated rings. The summed E-state index contributed by atoms with van der Waals surface area (Å²) in [4.78, 5) is 15.7. The number of carbonyl (C=O) groups excluding carboxylic acids is 1. The van der Waals surface area contributed by atoms with E-state index in [4.69, 9.17) is 11.0 Å². The molecule has 18 heavy (non-hydrogen) atoms. The summed E-state index contributed by atoms with van der Waals surface area (Å²) in [5, 5.41) is 8.97. The van der Waals surface area contributed by atoms with Gasteiger partial charge in [-0.15, -0.1) is 0 Å². The van der Waals surface area contributed by atoms with Gasteiger partial charge in [0.2, 0.25) is 5.91 Å². The number of nitrogens with two attached hydrogens (primary N) is 1. The standard InChI is InChI=1S/C13H16N4O/c1-16-5-2-6-17(13(18)9-15)12-7-10(8-14)3-4-11(12)16/h3-4,7H,2,5-6,9,15H2,1H3. The molecule has 1 aromatic carbocycles. The molecule has 2 rings (SSSR count). The van der Waals surface area contributed by atoms with Crippen LogP contribution in [0.25, 0.3) is 0 Å². The van der Waals surface area contributed by atoms with Gasteiger partial charge in [0, 0.05) is 20.1 Å². The molecule has 0 radical (unpaired) electrons. The van der Waals surface area contributed by atoms with Gasteiger partial charge in [-0.1, -0.05) is 0 Å². The SMILES string of the molecule is CN1CCCN(C(=O)CN)c2cc(C#N)ccc21. The van der Waals surface area contributed by atoms with Crippen molar-refractivity contribution in [2.24, 2.45) is 5.73 Å². The van der Waals surface area contributed by atoms with Crippen LogP contribution >= 0.6 is 0 Å². The lowest BCUT2D eigenvalue weighted by Gasteiger charge is -2.24. The Morgan fingerprint density at radius 2 is 2.22 bits per heavy atom. The lowest BCUT2D eigenvalue weighted by molar-refractivity contribution is -0.117. The van der Waals surface area contributed by atoms with E-state index in [-0.39, 0.29) is 12.5 Å². The average Bonchev–Trinajstić information content (AvgIpc) is 2.57. The zero-order valence-electron chi connectivity index (χ0n) is 10.4. The summed E-state index contributed by atoms with van der Waals surface area (Å²) >= 11 is 0. The van der Waals surface area contributed by atoms with Crippen molar-refractivity contribution in [3.8, 4) is 6.07 Å². The highest BCUT2D eigenvalue weighted by Gasteiger charge is 2.22. The van der Waals surface area contributed by atoms with Gasteiger partial charge in [0.1, 0.15) is 0 Å². The van der Waals surface area contributed by atoms with E-state index >= 15 is 0 Å². The third-order valence-corrected chi connectivity index (χ3v) is 3.16. The number of hydrogen-bond acceptors (Lipinski definition) is 4. The second kappa shape index (κ2) is 5.07. The van der Waals surface area contributed by atoms with Gasteiger partial charge in [-0.2, -0.15) is 5.26 Å². The second-order valence-electron chi connectivity index (χ2n) is 4.34. The molecular formula is C13H16N4O. The molecule has 5 nitrogen and oxygen atoms in total. The fraction of sp³-hybridized carbons (Fsp3) is 0.385. The molecular weight excluding hydrogens is 228 g/mol. The van der Waals surface area contributed by atoms with E-state index in [1.54, 1.807) is 17.0 Å². The quantitative estimate of drug-likeness (QED) is 0.788. The van der Waals surface area contributed by atoms with E-state index in [1.165, 1.54) is 0 Å². The lowest BCUT2D eigenvalue weighted by Crippen LogP contribution is -2.36. The molecule has 94 valence electrons. The maximum atomic E-state index is 11.9. The van der Waals surface area contributed by atoms with E-state index < -0.39 is 0 Å². The number of nitrogens with zero attached hydrogens (tertiary/aromatic N) is 3. The molecule has 0 aromatic heterocycles. The van der Waals surface area contributed by atoms with Crippen molar-refractivity contribution < 1.29 is 4.79 Å². The van der Waals surface area contributed by atoms with Crippen molar-refractivity contribution in [2.75, 3.05) is 36.5 Å². The molecule has 1 amide bonds. The summed E-state index contributed by atoms with van der Waals surface area (Å²) in [6.45, 7) is 1.51. The first-order chi connectivity index (χ1) is 8.67. The average molecular weight is 244 g/mol. The Morgan fingerprint density at radius 1 is 1.44 bits per heavy atom. The fourth-order valence-electron chi connectivity index (χ4n) is 2.21. The van der Waals surface area contributed by atoms with Gasteiger partial charge < -0.3 is 15.5 Å². The molecule has 0 aliphatic carbocycles. The summed E-state index contributed by atoms with van der Waals surface area (Å²) in [5.41, 5.74) is 7.75. The number of hydrogen-bond donors (Lipinski definition) is 1. The van der Waals surface area contributed by atoms with Crippen LogP contribution in [0.2, 0.25) is 0 Å². The second-order valence-corrected chi connectivity index (χ2v) is 4.34. The zero-order valence-corrected chi connectivity index (χ0v) is 10.4. The van der Waals surface area contributed by atoms with E-state index in [0.29, 0.717) is 12.1 Å². The number of fused-ring (bicyclic) bond motifs is 1. The molecule has 1 aromatic rings. The lowest BCUT2D eigenvalue weighted by atomic mass is 10.1. The van der Waals surface area contributed by atoms with Gasteiger partial charge >= 0.3 is 0 Å². The van der Waals surface area contributed by atoms with Gasteiger partial charge in [-0.25, -0.2) is 0 Å². The van der Waals surface area contributed by atoms with Gasteiger partial charge in [0.15, 0.2) is 0 Å². The van der Waals surface area contributed by atoms with Crippen molar-refractivity contribution in [3.05, 3.63) is 23.8 Å². The summed E-state index contributed by atoms with van der Waals surface area (Å²) < 4.78 is 0. The maximum Gasteiger partial charge on any atom is 0.240 e. The van der Waals surface area contributed by atoms with Crippen LogP contribution in [0.5, 0.6) is 0 Å². The minimum Gasteiger partial charge on any atom is -0.373 e. The van der Waals surface area contributed by atoms with Crippen molar-refractivity contribution >= 4 is 17.3 Å². The van der Waals surface area contributed by atoms with E-state index in [9.17, 15) is 4.79 Å². The predicted molar refractivity (Wildman–Crippen MR) is 70.5 cm³/mol. The molecule has 1 aliphatic rings. The monoisotopic (exact) mass is 244 g/mol. The van der Waals surface area contributed by atoms with Crippen LogP contribution in [0.3, 0.4) is 0 Å². The van der Waals surface area contributed by atoms with Crippen molar-refractivity contribution in [2.45, 2.75) is 6.42 Å². The molecule has 5 heteroatoms. The van der Waals surface area contributed by atoms with Crippen molar-refractivity contribution in [1.29, 1.82) is 5.26 Å². The van der Waals surface area contributed by atoms with Crippen LogP contribution in [0, 0.1) is 11.3 Å². The molecule has 0 saturated heterocycles. The first kappa shape index (κ1) is 12.4. The van der Waals surface area contributed by atoms with Gasteiger partial charge in [0.25, 0.3) is 0 Å². The summed E-state index contributed by atoms with van der Waals surface area (Å²) in [5.74, 6) is -0.110. The number of carbonyl (C=O) groups is 1. The van der Waals surface area contributed by atoms with Crippen molar-refractivity contribution in [3.63, 3.8) is 0 Å². The normalized spacial score (nSPS) is 14.7. The highest BCUT2D eigenvalue weighted by atomic mass is 16.2. The van der Waals surface area contributed by atoms with Crippen LogP contribution in [0.1, 0.15) is 12.0 Å². The molecule has 0 spiro atoms. The maximum absolute atomic E-state index is 11.9. The van der Waals surface area contributed by atoms with Gasteiger partial charge in [0.05, 0.1) is 29.6 Å². The Hall–Kier alpha value is -2.06. The Balaban J connectivity index is 2.52. The van der Waals surface area contributed by atoms with E-state index in [2.05, 4.69) is 11.0 Å². The third-order valence-electron chi connectivity index (χ3n) is 3.16. The predicted octanol–water partition coefficient (Wildman–Crippen LogP) is 0.690. The number of benzene rings is 1. The van der Waals surface area contributed by atoms with Gasteiger partial charge in [-0.3, -0.25) is 4.79 Å². The fourth-order valence-corrected chi connectivity index (χ4v) is 2.21. The zero-order chi connectivity index (χ0) is 13.1. The Bertz CT molecular complexity index is 506. The Labute approximate surface area is 106 Å². The molecule has 0 unspecified atom stereocenters. The van der Waals surface area contributed by atoms with Crippen LogP contribution < -0.4 is 15.5 Å². The third kappa shape index (κ3) is 2.15. The van der Waals surface area contributed by atoms with Crippen molar-refractivity contribution in [1.82, 2.24) is 0 Å². The smallest absolute Gasteiger partial charge is 0.240 e. The molecule has 1 aliphatic heterocycles. The molecule has 0 atom stereocenters. The summed E-state index contributed by atoms with van der Waals surface area (Å²) in [6.07, 6.45) is 0.888. The topological polar surface area (TPSA) is 73.4 Å². The van der Waals surface area contributed by atoms with E-state index in [1.807, 2.05) is 13.1 Å². The summed E-state index contributed by atoms with van der Waals surface area (Å²) in [6, 6.07) is 7.51. The minimum absolute atomic E-state index is 0.0140. The van der Waals surface area contributed by atoms with Crippen LogP contribution in [-0.2, 0) is 4.79 Å². The number of amides is 1. The Kier molecular flexibility index (Phi) is 3.49. The molecule has 2 N–H and O–H groups in total. The molecule has 0 bridgehead atoms. The largest absolute Gasteiger partial charge is 0.373 e. The van der Waals surface area contributed by atoms with Crippen LogP contribution in [0.4, 0.5) is 11.4 Å². The first-order valence-electron chi connectivity index (χ1n) is 5.93. The highest BCUT2D eigenvalue weighted by Crippen LogP contribution is 2.32.